The number of alkyl halides is 1. The molecule has 0 aromatic heterocycles. The number of aliphatic hydroxyl groups is 2. The first-order valence-electron chi connectivity index (χ1n) is 21.5. The van der Waals surface area contributed by atoms with Gasteiger partial charge in [-0.3, -0.25) is 14.5 Å². The molecule has 3 heterocycles. The summed E-state index contributed by atoms with van der Waals surface area (Å²) in [5.41, 5.74) is -4.77. The van der Waals surface area contributed by atoms with E-state index < -0.39 is 89.0 Å². The molecule has 60 heavy (non-hydrogen) atoms. The lowest BCUT2D eigenvalue weighted by Crippen LogP contribution is -2.63. The Kier molecular flexibility index (Phi) is 16.4. The number of ether oxygens (including phenoxy) is 5. The van der Waals surface area contributed by atoms with Gasteiger partial charge in [0.1, 0.15) is 17.8 Å². The minimum absolute atomic E-state index is 0.00860. The number of carbonyl (C=O) groups excluding carboxylic acids is 3. The number of aliphatic imine (C=N–C) groups is 1. The number of aliphatic hydroxyl groups excluding tert-OH is 1. The van der Waals surface area contributed by atoms with Crippen molar-refractivity contribution in [1.29, 1.82) is 0 Å². The Bertz CT molecular complexity index is 1740. The number of halogens is 1. The van der Waals surface area contributed by atoms with Crippen LogP contribution in [-0.4, -0.2) is 124 Å². The molecule has 0 unspecified atom stereocenters. The number of hydrogen-bond donors (Lipinski definition) is 2. The fourth-order valence-corrected chi connectivity index (χ4v) is 9.09. The summed E-state index contributed by atoms with van der Waals surface area (Å²) < 4.78 is 49.4. The first-order chi connectivity index (χ1) is 27.8. The van der Waals surface area contributed by atoms with Crippen LogP contribution < -0.4 is 0 Å². The zero-order valence-corrected chi connectivity index (χ0v) is 38.1. The smallest absolute Gasteiger partial charge is 0.351 e. The monoisotopic (exact) mass is 843 g/mol. The average molecular weight is 843 g/mol. The summed E-state index contributed by atoms with van der Waals surface area (Å²) >= 11 is 0. The molecule has 13 atom stereocenters. The zero-order valence-electron chi connectivity index (χ0n) is 38.1. The van der Waals surface area contributed by atoms with Crippen molar-refractivity contribution >= 4 is 29.4 Å². The van der Waals surface area contributed by atoms with Crippen LogP contribution in [0.2, 0.25) is 0 Å². The number of nitrogens with zero attached hydrogens (tertiary/aromatic N) is 2. The molecule has 3 aliphatic rings. The Balaban J connectivity index is 1.99. The van der Waals surface area contributed by atoms with E-state index in [2.05, 4.69) is 9.89 Å². The Morgan fingerprint density at radius 1 is 1.08 bits per heavy atom. The van der Waals surface area contributed by atoms with Gasteiger partial charge in [0.2, 0.25) is 5.91 Å². The number of rotatable bonds is 6. The maximum absolute atomic E-state index is 17.0. The Hall–Kier alpha value is -3.17. The van der Waals surface area contributed by atoms with Crippen LogP contribution in [0.5, 0.6) is 0 Å². The number of ketones is 1. The van der Waals surface area contributed by atoms with Crippen LogP contribution >= 0.6 is 0 Å². The van der Waals surface area contributed by atoms with E-state index >= 15 is 4.39 Å². The number of esters is 1. The van der Waals surface area contributed by atoms with E-state index in [1.165, 1.54) is 20.8 Å². The molecular weight excluding hydrogens is 772 g/mol. The average Bonchev–Trinajstić information content (AvgIpc) is 3.17. The molecule has 3 saturated heterocycles. The Labute approximate surface area is 356 Å². The topological polar surface area (TPSA) is 153 Å². The van der Waals surface area contributed by atoms with Crippen LogP contribution in [0, 0.1) is 17.8 Å². The van der Waals surface area contributed by atoms with Gasteiger partial charge in [-0.2, -0.15) is 0 Å². The van der Waals surface area contributed by atoms with Crippen LogP contribution in [0.4, 0.5) is 4.39 Å². The molecule has 0 aliphatic carbocycles. The molecule has 4 rings (SSSR count). The molecule has 1 amide bonds. The first-order valence-corrected chi connectivity index (χ1v) is 21.5. The summed E-state index contributed by atoms with van der Waals surface area (Å²) in [6.45, 7) is 20.3. The van der Waals surface area contributed by atoms with Crippen molar-refractivity contribution in [2.45, 2.75) is 174 Å². The van der Waals surface area contributed by atoms with E-state index in [0.29, 0.717) is 18.6 Å². The van der Waals surface area contributed by atoms with Crippen molar-refractivity contribution in [2.24, 2.45) is 22.7 Å². The van der Waals surface area contributed by atoms with Crippen molar-refractivity contribution in [1.82, 2.24) is 4.90 Å². The molecule has 2 bridgehead atoms. The molecule has 0 radical (unpaired) electrons. The second-order valence-corrected chi connectivity index (χ2v) is 18.8. The third-order valence-corrected chi connectivity index (χ3v) is 12.8. The summed E-state index contributed by atoms with van der Waals surface area (Å²) in [5, 5.41) is 24.4. The lowest BCUT2D eigenvalue weighted by Gasteiger charge is -2.50. The normalized spacial score (nSPS) is 39.5. The number of likely N-dealkylation sites (N-methyl/N-ethyl adjacent to an activating group) is 1. The molecule has 2 N–H and O–H groups in total. The number of cyclic esters (lactones) is 1. The highest BCUT2D eigenvalue weighted by Gasteiger charge is 2.56. The molecule has 336 valence electrons. The van der Waals surface area contributed by atoms with Gasteiger partial charge in [0.25, 0.3) is 5.67 Å². The first kappa shape index (κ1) is 49.5. The molecule has 3 aliphatic heterocycles. The number of Topliss-reactive ketones (excluding diaryl/α,β-unsaturated/α-hetero) is 1. The van der Waals surface area contributed by atoms with E-state index in [4.69, 9.17) is 23.7 Å². The molecule has 0 spiro atoms. The van der Waals surface area contributed by atoms with E-state index in [9.17, 15) is 24.6 Å². The highest BCUT2D eigenvalue weighted by Crippen LogP contribution is 2.41. The predicted octanol–water partition coefficient (Wildman–Crippen LogP) is 6.84. The maximum Gasteiger partial charge on any atom is 0.351 e. The van der Waals surface area contributed by atoms with E-state index in [1.807, 2.05) is 90.2 Å². The lowest BCUT2D eigenvalue weighted by molar-refractivity contribution is -0.299. The fourth-order valence-electron chi connectivity index (χ4n) is 9.09. The molecule has 13 heteroatoms. The quantitative estimate of drug-likeness (QED) is 0.229. The van der Waals surface area contributed by atoms with Gasteiger partial charge in [-0.1, -0.05) is 76.3 Å². The number of amides is 1. The maximum atomic E-state index is 17.0. The van der Waals surface area contributed by atoms with Crippen LogP contribution in [0.15, 0.2) is 53.0 Å². The molecule has 0 saturated carbocycles. The third-order valence-electron chi connectivity index (χ3n) is 12.8. The van der Waals surface area contributed by atoms with Crippen molar-refractivity contribution in [2.75, 3.05) is 20.3 Å². The minimum atomic E-state index is -3.19. The minimum Gasteiger partial charge on any atom is -0.457 e. The summed E-state index contributed by atoms with van der Waals surface area (Å²) in [7, 11) is 1.92. The molecule has 12 nitrogen and oxygen atoms in total. The largest absolute Gasteiger partial charge is 0.457 e. The summed E-state index contributed by atoms with van der Waals surface area (Å²) in [5.74, 6) is -5.79. The SMILES string of the molecule is CC[C@H]1OC(=O)[C@@](C)(F)C(=O)[C@H](C)[C@@H](O[C@@H]2O[C@H](C)C[C@H](N(C)C(C)(C)C)[C@H]2O)[C@@]2(C)C[C@@H](C)/C(=N\C(C)=O)[C@H](C)[C@@H](OCC/C(=C\C=C\c3ccccc3)CO2)[C@]1(C)O. The van der Waals surface area contributed by atoms with Gasteiger partial charge in [0.15, 0.2) is 12.1 Å². The van der Waals surface area contributed by atoms with Gasteiger partial charge in [-0.15, -0.1) is 0 Å². The Morgan fingerprint density at radius 3 is 2.33 bits per heavy atom. The van der Waals surface area contributed by atoms with Crippen molar-refractivity contribution in [3.8, 4) is 0 Å². The van der Waals surface area contributed by atoms with Crippen LogP contribution in [0.25, 0.3) is 6.08 Å². The number of allylic oxidation sites excluding steroid dienone is 2. The van der Waals surface area contributed by atoms with Crippen molar-refractivity contribution in [3.05, 3.63) is 53.6 Å². The number of hydrogen-bond acceptors (Lipinski definition) is 11. The lowest BCUT2D eigenvalue weighted by atomic mass is 9.73. The van der Waals surface area contributed by atoms with Gasteiger partial charge in [0.05, 0.1) is 37.1 Å². The van der Waals surface area contributed by atoms with Crippen molar-refractivity contribution in [3.63, 3.8) is 0 Å². The molecule has 1 aromatic rings. The standard InChI is InChI=1S/C47H71FN2O10/c1-14-36-47(12,55)41-30(4)37(49-32(6)51)28(2)26-45(10,57-27-34(23-24-56-41)22-18-21-33-19-16-15-17-20-33)40(31(5)39(53)46(11,48)43(54)59-36)60-42-38(52)35(25-29(3)58-42)50(13)44(7,8)9/h15-22,28-31,35-36,38,40-42,52,55H,14,23-27H2,1-13H3/b21-18+,34-22+,49-37+/t28-,29-,30+,31+,35+,36-,38-,40-,41-,42+,45-,46+,47-/m1/s1. The van der Waals surface area contributed by atoms with Gasteiger partial charge in [0, 0.05) is 36.1 Å². The molecular formula is C47H71FN2O10. The van der Waals surface area contributed by atoms with Gasteiger partial charge >= 0.3 is 5.97 Å². The van der Waals surface area contributed by atoms with Gasteiger partial charge in [-0.25, -0.2) is 14.2 Å². The second-order valence-electron chi connectivity index (χ2n) is 18.8. The second kappa shape index (κ2) is 19.9. The predicted molar refractivity (Wildman–Crippen MR) is 229 cm³/mol. The number of carbonyl (C=O) groups is 3. The third kappa shape index (κ3) is 11.4. The number of fused-ring (bicyclic) bond motifs is 5. The van der Waals surface area contributed by atoms with Gasteiger partial charge < -0.3 is 33.9 Å². The van der Waals surface area contributed by atoms with Crippen LogP contribution in [0.3, 0.4) is 0 Å². The van der Waals surface area contributed by atoms with Crippen LogP contribution in [0.1, 0.15) is 114 Å². The number of benzene rings is 1. The van der Waals surface area contributed by atoms with E-state index in [-0.39, 0.29) is 37.7 Å². The highest BCUT2D eigenvalue weighted by molar-refractivity contribution is 6.08. The molecule has 1 aromatic carbocycles. The van der Waals surface area contributed by atoms with E-state index in [1.54, 1.807) is 20.8 Å². The van der Waals surface area contributed by atoms with Gasteiger partial charge in [-0.05, 0) is 98.3 Å². The Morgan fingerprint density at radius 2 is 1.73 bits per heavy atom. The highest BCUT2D eigenvalue weighted by atomic mass is 19.1. The zero-order chi connectivity index (χ0) is 45.0. The fraction of sp³-hybridized carbons (Fsp3) is 0.702. The summed E-state index contributed by atoms with van der Waals surface area (Å²) in [4.78, 5) is 47.9. The van der Waals surface area contributed by atoms with Crippen LogP contribution in [-0.2, 0) is 38.1 Å². The summed E-state index contributed by atoms with van der Waals surface area (Å²) in [6, 6.07) is 9.38. The summed E-state index contributed by atoms with van der Waals surface area (Å²) in [6.07, 6.45) is 0.113. The molecule has 3 fully saturated rings. The van der Waals surface area contributed by atoms with E-state index in [0.717, 1.165) is 18.1 Å². The van der Waals surface area contributed by atoms with Crippen molar-refractivity contribution < 1.29 is 52.7 Å².